The van der Waals surface area contributed by atoms with Gasteiger partial charge in [0.2, 0.25) is 29.5 Å². The summed E-state index contributed by atoms with van der Waals surface area (Å²) in [5.74, 6) is -2.67. The molecule has 0 saturated carbocycles. The number of aliphatic imine (C=N–C) groups is 1. The van der Waals surface area contributed by atoms with Gasteiger partial charge in [0.25, 0.3) is 0 Å². The van der Waals surface area contributed by atoms with Crippen molar-refractivity contribution in [2.24, 2.45) is 10.7 Å². The minimum atomic E-state index is -0.966. The summed E-state index contributed by atoms with van der Waals surface area (Å²) in [7, 11) is 1.53. The van der Waals surface area contributed by atoms with Crippen LogP contribution in [0.1, 0.15) is 18.4 Å². The van der Waals surface area contributed by atoms with Gasteiger partial charge in [0.05, 0.1) is 19.6 Å². The first-order valence-electron chi connectivity index (χ1n) is 11.2. The molecule has 1 heterocycles. The lowest BCUT2D eigenvalue weighted by Gasteiger charge is -2.20. The highest BCUT2D eigenvalue weighted by Gasteiger charge is 2.25. The van der Waals surface area contributed by atoms with Crippen molar-refractivity contribution in [3.8, 4) is 0 Å². The minimum Gasteiger partial charge on any atom is -0.370 e. The molecule has 2 rings (SSSR count). The average molecular weight is 489 g/mol. The van der Waals surface area contributed by atoms with E-state index in [1.54, 1.807) is 24.3 Å². The van der Waals surface area contributed by atoms with Gasteiger partial charge in [-0.15, -0.1) is 0 Å². The summed E-state index contributed by atoms with van der Waals surface area (Å²) in [4.78, 5) is 66.0. The fourth-order valence-electron chi connectivity index (χ4n) is 3.24. The first kappa shape index (κ1) is 27.1. The summed E-state index contributed by atoms with van der Waals surface area (Å²) in [5, 5.41) is 15.3. The van der Waals surface area contributed by atoms with Crippen LogP contribution in [-0.4, -0.2) is 80.8 Å². The van der Waals surface area contributed by atoms with Crippen molar-refractivity contribution < 1.29 is 24.0 Å². The first-order valence-corrected chi connectivity index (χ1v) is 11.2. The van der Waals surface area contributed by atoms with Crippen molar-refractivity contribution in [3.63, 3.8) is 0 Å². The molecule has 1 unspecified atom stereocenters. The molecule has 190 valence electrons. The lowest BCUT2D eigenvalue weighted by molar-refractivity contribution is -0.131. The molecule has 1 aliphatic rings. The molecule has 2 atom stereocenters. The van der Waals surface area contributed by atoms with E-state index in [9.17, 15) is 24.0 Å². The van der Waals surface area contributed by atoms with Crippen LogP contribution in [0.2, 0.25) is 0 Å². The van der Waals surface area contributed by atoms with Crippen molar-refractivity contribution in [2.75, 3.05) is 33.2 Å². The third-order valence-electron chi connectivity index (χ3n) is 5.10. The Balaban J connectivity index is 2.09. The Hall–Kier alpha value is -4.16. The highest BCUT2D eigenvalue weighted by atomic mass is 16.2. The van der Waals surface area contributed by atoms with E-state index in [0.717, 1.165) is 5.56 Å². The smallest absolute Gasteiger partial charge is 0.243 e. The van der Waals surface area contributed by atoms with Crippen LogP contribution in [0.15, 0.2) is 35.3 Å². The third-order valence-corrected chi connectivity index (χ3v) is 5.10. The predicted octanol–water partition coefficient (Wildman–Crippen LogP) is -3.12. The minimum absolute atomic E-state index is 0.188. The summed E-state index contributed by atoms with van der Waals surface area (Å²) in [6, 6.07) is 7.13. The molecule has 1 aromatic rings. The zero-order valence-electron chi connectivity index (χ0n) is 19.6. The van der Waals surface area contributed by atoms with E-state index in [-0.39, 0.29) is 31.9 Å². The van der Waals surface area contributed by atoms with Crippen LogP contribution in [0.25, 0.3) is 0 Å². The summed E-state index contributed by atoms with van der Waals surface area (Å²) >= 11 is 0. The number of nitrogens with two attached hydrogens (primary N) is 1. The van der Waals surface area contributed by atoms with Crippen molar-refractivity contribution in [2.45, 2.75) is 31.3 Å². The van der Waals surface area contributed by atoms with Crippen molar-refractivity contribution >= 4 is 35.5 Å². The molecule has 0 radical (unpaired) electrons. The number of hydrogen-bond donors (Lipinski definition) is 7. The molecule has 13 heteroatoms. The number of benzene rings is 1. The van der Waals surface area contributed by atoms with Gasteiger partial charge in [0.15, 0.2) is 5.96 Å². The lowest BCUT2D eigenvalue weighted by atomic mass is 10.1. The van der Waals surface area contributed by atoms with Crippen LogP contribution in [0, 0.1) is 0 Å². The molecule has 5 amide bonds. The lowest BCUT2D eigenvalue weighted by Crippen LogP contribution is -2.53. The van der Waals surface area contributed by atoms with Gasteiger partial charge in [-0.2, -0.15) is 0 Å². The number of carbonyl (C=O) groups excluding carboxylic acids is 5. The summed E-state index contributed by atoms with van der Waals surface area (Å²) < 4.78 is 0. The second-order valence-electron chi connectivity index (χ2n) is 7.82. The maximum absolute atomic E-state index is 12.8. The fourth-order valence-corrected chi connectivity index (χ4v) is 3.24. The molecule has 1 saturated heterocycles. The van der Waals surface area contributed by atoms with Crippen LogP contribution in [0.3, 0.4) is 0 Å². The van der Waals surface area contributed by atoms with E-state index >= 15 is 0 Å². The molecule has 8 N–H and O–H groups in total. The maximum Gasteiger partial charge on any atom is 0.243 e. The number of amides is 5. The molecule has 0 bridgehead atoms. The van der Waals surface area contributed by atoms with Crippen LogP contribution < -0.4 is 37.6 Å². The average Bonchev–Trinajstić information content (AvgIpc) is 2.85. The SMILES string of the molecule is CN=C(N)NCCC[C@@H]1NC(=O)CNC(=O)C(Cc2ccccc2)NC(=O)CNC(=O)CNC1=O. The Morgan fingerprint density at radius 3 is 2.11 bits per heavy atom. The molecular weight excluding hydrogens is 456 g/mol. The van der Waals surface area contributed by atoms with E-state index in [4.69, 9.17) is 5.73 Å². The second-order valence-corrected chi connectivity index (χ2v) is 7.82. The Morgan fingerprint density at radius 2 is 1.46 bits per heavy atom. The Labute approximate surface area is 203 Å². The predicted molar refractivity (Wildman–Crippen MR) is 128 cm³/mol. The topological polar surface area (TPSA) is 196 Å². The van der Waals surface area contributed by atoms with Gasteiger partial charge in [-0.05, 0) is 18.4 Å². The van der Waals surface area contributed by atoms with Gasteiger partial charge in [-0.25, -0.2) is 0 Å². The first-order chi connectivity index (χ1) is 16.8. The fraction of sp³-hybridized carbons (Fsp3) is 0.455. The van der Waals surface area contributed by atoms with Crippen LogP contribution in [0.4, 0.5) is 0 Å². The van der Waals surface area contributed by atoms with Crippen LogP contribution in [-0.2, 0) is 30.4 Å². The maximum atomic E-state index is 12.8. The number of rotatable bonds is 6. The van der Waals surface area contributed by atoms with E-state index in [0.29, 0.717) is 13.0 Å². The van der Waals surface area contributed by atoms with Gasteiger partial charge in [-0.3, -0.25) is 29.0 Å². The van der Waals surface area contributed by atoms with E-state index in [1.807, 2.05) is 6.07 Å². The molecule has 35 heavy (non-hydrogen) atoms. The van der Waals surface area contributed by atoms with Gasteiger partial charge in [0, 0.05) is 20.0 Å². The van der Waals surface area contributed by atoms with Gasteiger partial charge in [-0.1, -0.05) is 30.3 Å². The number of carbonyl (C=O) groups is 5. The van der Waals surface area contributed by atoms with Crippen LogP contribution >= 0.6 is 0 Å². The zero-order valence-corrected chi connectivity index (χ0v) is 19.6. The van der Waals surface area contributed by atoms with Crippen LogP contribution in [0.5, 0.6) is 0 Å². The van der Waals surface area contributed by atoms with E-state index < -0.39 is 48.2 Å². The summed E-state index contributed by atoms with van der Waals surface area (Å²) in [6.07, 6.45) is 0.895. The highest BCUT2D eigenvalue weighted by molar-refractivity contribution is 5.95. The molecule has 0 spiro atoms. The van der Waals surface area contributed by atoms with Gasteiger partial charge < -0.3 is 37.6 Å². The number of nitrogens with one attached hydrogen (secondary N) is 6. The highest BCUT2D eigenvalue weighted by Crippen LogP contribution is 2.04. The summed E-state index contributed by atoms with van der Waals surface area (Å²) in [6.45, 7) is -0.736. The van der Waals surface area contributed by atoms with E-state index in [1.165, 1.54) is 7.05 Å². The molecule has 0 aromatic heterocycles. The standard InChI is InChI=1S/C22H32N8O5/c1-24-22(23)25-9-5-8-15-20(34)27-11-17(31)26-12-18(32)30-16(10-14-6-3-2-4-7-14)21(35)28-13-19(33)29-15/h2-4,6-7,15-16H,5,8-13H2,1H3,(H,26,31)(H,27,34)(H,28,35)(H,29,33)(H,30,32)(H3,23,24,25)/t15-,16?/m0/s1. The monoisotopic (exact) mass is 488 g/mol. The molecular formula is C22H32N8O5. The van der Waals surface area contributed by atoms with Crippen molar-refractivity contribution in [1.29, 1.82) is 0 Å². The van der Waals surface area contributed by atoms with Crippen molar-refractivity contribution in [1.82, 2.24) is 31.9 Å². The largest absolute Gasteiger partial charge is 0.370 e. The Bertz CT molecular complexity index is 937. The number of hydrogen-bond acceptors (Lipinski definition) is 6. The normalized spacial score (nSPS) is 20.8. The van der Waals surface area contributed by atoms with E-state index in [2.05, 4.69) is 36.9 Å². The summed E-state index contributed by atoms with van der Waals surface area (Å²) in [5.41, 5.74) is 6.37. The molecule has 0 aliphatic carbocycles. The third kappa shape index (κ3) is 10.1. The second kappa shape index (κ2) is 14.2. The Morgan fingerprint density at radius 1 is 0.886 bits per heavy atom. The molecule has 13 nitrogen and oxygen atoms in total. The molecule has 1 aliphatic heterocycles. The van der Waals surface area contributed by atoms with Gasteiger partial charge >= 0.3 is 0 Å². The zero-order chi connectivity index (χ0) is 25.6. The molecule has 1 aromatic carbocycles. The van der Waals surface area contributed by atoms with Gasteiger partial charge in [0.1, 0.15) is 12.1 Å². The quantitative estimate of drug-likeness (QED) is 0.125. The van der Waals surface area contributed by atoms with Crippen molar-refractivity contribution in [3.05, 3.63) is 35.9 Å². The Kier molecular flexibility index (Phi) is 11.0. The molecule has 1 fully saturated rings. The number of guanidine groups is 1. The number of nitrogens with zero attached hydrogens (tertiary/aromatic N) is 1.